The van der Waals surface area contributed by atoms with Crippen LogP contribution in [0.15, 0.2) is 0 Å². The zero-order valence-electron chi connectivity index (χ0n) is 14.2. The van der Waals surface area contributed by atoms with E-state index >= 15 is 0 Å². The van der Waals surface area contributed by atoms with E-state index in [4.69, 9.17) is 9.16 Å². The van der Waals surface area contributed by atoms with Crippen molar-refractivity contribution in [3.63, 3.8) is 0 Å². The fraction of sp³-hybridized carbons (Fsp3) is 0.867. The molecule has 0 aromatic carbocycles. The second kappa shape index (κ2) is 6.92. The van der Waals surface area contributed by atoms with Gasteiger partial charge in [-0.1, -0.05) is 34.6 Å². The number of nitrogens with one attached hydrogen (secondary N) is 1. The Balaban J connectivity index is 2.79. The molecule has 0 aliphatic carbocycles. The molecule has 0 aromatic rings. The molecule has 1 saturated heterocycles. The lowest BCUT2D eigenvalue weighted by Gasteiger charge is -2.45. The summed E-state index contributed by atoms with van der Waals surface area (Å²) in [7, 11) is -1.15. The molecule has 6 heteroatoms. The number of hydrogen-bond donors (Lipinski definition) is 1. The largest absolute Gasteiger partial charge is 0.441 e. The number of rotatable bonds is 6. The molecular weight excluding hydrogens is 286 g/mol. The molecule has 1 heterocycles. The molecule has 0 saturated carbocycles. The standard InChI is InChI=1S/C15H29NO4Si/c1-9(2)14(18)20-13-11(12(17)16-13)10(15(3,4)5)8-19-21(6)7/h9-11,13,21H,8H2,1-7H3,(H,16,17). The summed E-state index contributed by atoms with van der Waals surface area (Å²) in [6, 6.07) is 0. The zero-order valence-corrected chi connectivity index (χ0v) is 15.4. The summed E-state index contributed by atoms with van der Waals surface area (Å²) in [5, 5.41) is 2.69. The minimum absolute atomic E-state index is 0.0334. The second-order valence-corrected chi connectivity index (χ2v) is 9.83. The van der Waals surface area contributed by atoms with Crippen molar-refractivity contribution < 1.29 is 18.8 Å². The monoisotopic (exact) mass is 315 g/mol. The van der Waals surface area contributed by atoms with Gasteiger partial charge in [0.05, 0.1) is 11.8 Å². The molecule has 21 heavy (non-hydrogen) atoms. The van der Waals surface area contributed by atoms with Crippen LogP contribution in [0.4, 0.5) is 0 Å². The van der Waals surface area contributed by atoms with Gasteiger partial charge in [0.2, 0.25) is 5.91 Å². The van der Waals surface area contributed by atoms with Crippen LogP contribution in [0.25, 0.3) is 0 Å². The summed E-state index contributed by atoms with van der Waals surface area (Å²) in [5.41, 5.74) is -0.0891. The molecule has 0 aromatic heterocycles. The molecule has 1 amide bonds. The summed E-state index contributed by atoms with van der Waals surface area (Å²) >= 11 is 0. The molecule has 0 bridgehead atoms. The van der Waals surface area contributed by atoms with Crippen LogP contribution in [-0.2, 0) is 18.8 Å². The molecule has 1 aliphatic heterocycles. The Hall–Kier alpha value is -0.883. The highest BCUT2D eigenvalue weighted by molar-refractivity contribution is 6.48. The average Bonchev–Trinajstić information content (AvgIpc) is 2.31. The molecule has 122 valence electrons. The van der Waals surface area contributed by atoms with Crippen LogP contribution >= 0.6 is 0 Å². The van der Waals surface area contributed by atoms with Crippen molar-refractivity contribution >= 4 is 20.9 Å². The van der Waals surface area contributed by atoms with Crippen LogP contribution in [-0.4, -0.2) is 33.8 Å². The fourth-order valence-corrected chi connectivity index (χ4v) is 2.91. The maximum absolute atomic E-state index is 12.0. The number of esters is 1. The van der Waals surface area contributed by atoms with E-state index < -0.39 is 15.3 Å². The predicted molar refractivity (Wildman–Crippen MR) is 84.1 cm³/mol. The summed E-state index contributed by atoms with van der Waals surface area (Å²) in [4.78, 5) is 23.7. The second-order valence-electron chi connectivity index (χ2n) is 7.40. The van der Waals surface area contributed by atoms with E-state index in [1.165, 1.54) is 0 Å². The van der Waals surface area contributed by atoms with E-state index in [0.717, 1.165) is 0 Å². The lowest BCUT2D eigenvalue weighted by molar-refractivity contribution is -0.179. The van der Waals surface area contributed by atoms with Crippen LogP contribution in [0.5, 0.6) is 0 Å². The maximum Gasteiger partial charge on any atom is 0.310 e. The number of amides is 1. The van der Waals surface area contributed by atoms with Crippen LogP contribution in [0.3, 0.4) is 0 Å². The number of β-lactam (4-membered cyclic amide) rings is 1. The number of hydrogen-bond acceptors (Lipinski definition) is 4. The quantitative estimate of drug-likeness (QED) is 0.462. The van der Waals surface area contributed by atoms with Crippen molar-refractivity contribution in [1.82, 2.24) is 5.32 Å². The first-order valence-corrected chi connectivity index (χ1v) is 10.4. The van der Waals surface area contributed by atoms with E-state index in [-0.39, 0.29) is 35.0 Å². The van der Waals surface area contributed by atoms with Gasteiger partial charge in [0, 0.05) is 12.5 Å². The van der Waals surface area contributed by atoms with Gasteiger partial charge in [-0.05, 0) is 18.5 Å². The summed E-state index contributed by atoms with van der Waals surface area (Å²) < 4.78 is 11.3. The first kappa shape index (κ1) is 18.2. The van der Waals surface area contributed by atoms with E-state index in [1.54, 1.807) is 13.8 Å². The lowest BCUT2D eigenvalue weighted by Crippen LogP contribution is -2.65. The Kier molecular flexibility index (Phi) is 5.98. The van der Waals surface area contributed by atoms with E-state index in [0.29, 0.717) is 6.61 Å². The van der Waals surface area contributed by atoms with Gasteiger partial charge < -0.3 is 14.5 Å². The highest BCUT2D eigenvalue weighted by Gasteiger charge is 2.50. The van der Waals surface area contributed by atoms with Gasteiger partial charge in [0.15, 0.2) is 15.3 Å². The topological polar surface area (TPSA) is 64.6 Å². The first-order chi connectivity index (χ1) is 9.54. The number of carbonyl (C=O) groups excluding carboxylic acids is 2. The summed E-state index contributed by atoms with van der Waals surface area (Å²) in [6.07, 6.45) is -0.519. The van der Waals surface area contributed by atoms with Crippen molar-refractivity contribution in [2.75, 3.05) is 6.61 Å². The molecule has 0 spiro atoms. The minimum Gasteiger partial charge on any atom is -0.441 e. The van der Waals surface area contributed by atoms with Gasteiger partial charge in [-0.2, -0.15) is 0 Å². The Bertz CT molecular complexity index is 390. The highest BCUT2D eigenvalue weighted by atomic mass is 28.3. The number of carbonyl (C=O) groups is 2. The Morgan fingerprint density at radius 3 is 2.29 bits per heavy atom. The van der Waals surface area contributed by atoms with Crippen LogP contribution in [0.2, 0.25) is 13.1 Å². The SMILES string of the molecule is CC(C)C(=O)OC1NC(=O)C1C(CO[SiH](C)C)C(C)(C)C. The smallest absolute Gasteiger partial charge is 0.310 e. The molecule has 5 nitrogen and oxygen atoms in total. The molecular formula is C15H29NO4Si. The maximum atomic E-state index is 12.0. The lowest BCUT2D eigenvalue weighted by atomic mass is 9.70. The number of ether oxygens (including phenoxy) is 1. The molecule has 1 fully saturated rings. The molecule has 1 aliphatic rings. The zero-order chi connectivity index (χ0) is 16.4. The normalized spacial score (nSPS) is 23.8. The van der Waals surface area contributed by atoms with Gasteiger partial charge in [-0.3, -0.25) is 9.59 Å². The fourth-order valence-electron chi connectivity index (χ4n) is 2.31. The first-order valence-electron chi connectivity index (χ1n) is 7.66. The molecule has 0 radical (unpaired) electrons. The summed E-state index contributed by atoms with van der Waals surface area (Å²) in [5.74, 6) is -0.815. The Morgan fingerprint density at radius 1 is 1.33 bits per heavy atom. The van der Waals surface area contributed by atoms with Crippen molar-refractivity contribution in [2.45, 2.75) is 53.9 Å². The highest BCUT2D eigenvalue weighted by Crippen LogP contribution is 2.38. The van der Waals surface area contributed by atoms with Gasteiger partial charge in [0.1, 0.15) is 0 Å². The average molecular weight is 315 g/mol. The third kappa shape index (κ3) is 4.81. The molecule has 3 atom stereocenters. The van der Waals surface area contributed by atoms with Gasteiger partial charge in [-0.15, -0.1) is 0 Å². The van der Waals surface area contributed by atoms with E-state index in [2.05, 4.69) is 39.2 Å². The third-order valence-electron chi connectivity index (χ3n) is 3.78. The molecule has 1 rings (SSSR count). The Labute approximate surface area is 129 Å². The third-order valence-corrected chi connectivity index (χ3v) is 4.64. The van der Waals surface area contributed by atoms with Gasteiger partial charge >= 0.3 is 5.97 Å². The van der Waals surface area contributed by atoms with Crippen molar-refractivity contribution in [1.29, 1.82) is 0 Å². The van der Waals surface area contributed by atoms with Crippen LogP contribution in [0.1, 0.15) is 34.6 Å². The molecule has 3 unspecified atom stereocenters. The van der Waals surface area contributed by atoms with Crippen molar-refractivity contribution in [3.05, 3.63) is 0 Å². The van der Waals surface area contributed by atoms with Crippen LogP contribution < -0.4 is 5.32 Å². The van der Waals surface area contributed by atoms with Gasteiger partial charge in [-0.25, -0.2) is 0 Å². The predicted octanol–water partition coefficient (Wildman–Crippen LogP) is 1.92. The van der Waals surface area contributed by atoms with E-state index in [1.807, 2.05) is 0 Å². The van der Waals surface area contributed by atoms with Gasteiger partial charge in [0.25, 0.3) is 0 Å². The van der Waals surface area contributed by atoms with Crippen LogP contribution in [0, 0.1) is 23.2 Å². The van der Waals surface area contributed by atoms with Crippen molar-refractivity contribution in [3.8, 4) is 0 Å². The molecule has 1 N–H and O–H groups in total. The Morgan fingerprint density at radius 2 is 1.90 bits per heavy atom. The van der Waals surface area contributed by atoms with E-state index in [9.17, 15) is 9.59 Å². The van der Waals surface area contributed by atoms with Crippen molar-refractivity contribution in [2.24, 2.45) is 23.2 Å². The minimum atomic E-state index is -1.15. The summed E-state index contributed by atoms with van der Waals surface area (Å²) in [6.45, 7) is 14.6.